The van der Waals surface area contributed by atoms with E-state index in [4.69, 9.17) is 5.73 Å². The first-order valence-corrected chi connectivity index (χ1v) is 6.36. The van der Waals surface area contributed by atoms with Gasteiger partial charge in [-0.3, -0.25) is 9.78 Å². The number of rotatable bonds is 5. The highest BCUT2D eigenvalue weighted by Crippen LogP contribution is 2.12. The van der Waals surface area contributed by atoms with Crippen LogP contribution in [0.25, 0.3) is 0 Å². The molecule has 0 radical (unpaired) electrons. The molecule has 4 N–H and O–H groups in total. The monoisotopic (exact) mass is 271 g/mol. The molecular formula is C15H17N3O2. The number of aromatic nitrogens is 1. The molecule has 0 saturated heterocycles. The number of hydrogen-bond acceptors (Lipinski definition) is 4. The zero-order valence-electron chi connectivity index (χ0n) is 11.0. The van der Waals surface area contributed by atoms with Gasteiger partial charge in [-0.2, -0.15) is 0 Å². The minimum absolute atomic E-state index is 0.170. The third-order valence-corrected chi connectivity index (χ3v) is 2.98. The van der Waals surface area contributed by atoms with Gasteiger partial charge in [0, 0.05) is 12.7 Å². The van der Waals surface area contributed by atoms with Gasteiger partial charge in [-0.1, -0.05) is 36.4 Å². The average molecular weight is 271 g/mol. The lowest BCUT2D eigenvalue weighted by molar-refractivity contribution is 0.0911. The third-order valence-electron chi connectivity index (χ3n) is 2.98. The number of carbonyl (C=O) groups is 1. The number of nitrogens with zero attached hydrogens (tertiary/aromatic N) is 1. The number of pyridine rings is 1. The van der Waals surface area contributed by atoms with E-state index in [1.54, 1.807) is 18.3 Å². The maximum atomic E-state index is 12.1. The molecule has 0 fully saturated rings. The summed E-state index contributed by atoms with van der Waals surface area (Å²) in [5.41, 5.74) is 7.50. The summed E-state index contributed by atoms with van der Waals surface area (Å²) < 4.78 is 0. The van der Waals surface area contributed by atoms with E-state index >= 15 is 0 Å². The third kappa shape index (κ3) is 3.40. The number of benzene rings is 1. The molecule has 5 heteroatoms. The van der Waals surface area contributed by atoms with E-state index in [1.807, 2.05) is 30.3 Å². The number of amides is 1. The summed E-state index contributed by atoms with van der Waals surface area (Å²) in [6, 6.07) is 12.2. The van der Waals surface area contributed by atoms with Gasteiger partial charge in [-0.15, -0.1) is 0 Å². The van der Waals surface area contributed by atoms with Gasteiger partial charge in [-0.25, -0.2) is 0 Å². The Bertz CT molecular complexity index is 555. The molecule has 0 unspecified atom stereocenters. The maximum Gasteiger partial charge on any atom is 0.270 e. The van der Waals surface area contributed by atoms with Crippen LogP contribution in [0, 0.1) is 0 Å². The molecule has 104 valence electrons. The van der Waals surface area contributed by atoms with Crippen molar-refractivity contribution < 1.29 is 9.90 Å². The van der Waals surface area contributed by atoms with Crippen molar-refractivity contribution in [1.29, 1.82) is 0 Å². The van der Waals surface area contributed by atoms with E-state index in [2.05, 4.69) is 10.3 Å². The van der Waals surface area contributed by atoms with Crippen LogP contribution in [0.2, 0.25) is 0 Å². The highest BCUT2D eigenvalue weighted by Gasteiger charge is 2.15. The Labute approximate surface area is 117 Å². The molecule has 1 aromatic carbocycles. The SMILES string of the molecule is NCc1ccc(C(=O)N[C@H](CO)c2ccccc2)nc1. The molecule has 0 aliphatic heterocycles. The molecule has 1 aromatic heterocycles. The Kier molecular flexibility index (Phi) is 4.81. The summed E-state index contributed by atoms with van der Waals surface area (Å²) in [7, 11) is 0. The molecule has 0 saturated carbocycles. The van der Waals surface area contributed by atoms with Crippen LogP contribution in [0.3, 0.4) is 0 Å². The number of aliphatic hydroxyl groups excluding tert-OH is 1. The normalized spacial score (nSPS) is 11.9. The lowest BCUT2D eigenvalue weighted by Crippen LogP contribution is -2.31. The lowest BCUT2D eigenvalue weighted by Gasteiger charge is -2.16. The Hall–Kier alpha value is -2.24. The van der Waals surface area contributed by atoms with Crippen molar-refractivity contribution in [3.8, 4) is 0 Å². The Morgan fingerprint density at radius 3 is 2.55 bits per heavy atom. The van der Waals surface area contributed by atoms with E-state index in [0.717, 1.165) is 11.1 Å². The molecule has 0 bridgehead atoms. The molecule has 0 aliphatic rings. The first-order valence-electron chi connectivity index (χ1n) is 6.36. The molecule has 1 heterocycles. The number of nitrogens with two attached hydrogens (primary N) is 1. The Morgan fingerprint density at radius 1 is 1.25 bits per heavy atom. The first-order chi connectivity index (χ1) is 9.74. The standard InChI is InChI=1S/C15H17N3O2/c16-8-11-6-7-13(17-9-11)15(20)18-14(10-19)12-4-2-1-3-5-12/h1-7,9,14,19H,8,10,16H2,(H,18,20)/t14-/m1/s1. The van der Waals surface area contributed by atoms with E-state index < -0.39 is 6.04 Å². The fourth-order valence-corrected chi connectivity index (χ4v) is 1.83. The van der Waals surface area contributed by atoms with Crippen LogP contribution in [-0.2, 0) is 6.54 Å². The molecule has 0 spiro atoms. The predicted molar refractivity (Wildman–Crippen MR) is 75.9 cm³/mol. The molecule has 0 aliphatic carbocycles. The van der Waals surface area contributed by atoms with Crippen molar-refractivity contribution in [3.05, 3.63) is 65.5 Å². The van der Waals surface area contributed by atoms with Gasteiger partial charge in [0.25, 0.3) is 5.91 Å². The van der Waals surface area contributed by atoms with Crippen LogP contribution in [0.4, 0.5) is 0 Å². The Morgan fingerprint density at radius 2 is 2.00 bits per heavy atom. The van der Waals surface area contributed by atoms with Crippen molar-refractivity contribution >= 4 is 5.91 Å². The number of carbonyl (C=O) groups excluding carboxylic acids is 1. The Balaban J connectivity index is 2.09. The molecule has 20 heavy (non-hydrogen) atoms. The van der Waals surface area contributed by atoms with E-state index in [0.29, 0.717) is 12.2 Å². The minimum atomic E-state index is -0.445. The fraction of sp³-hybridized carbons (Fsp3) is 0.200. The quantitative estimate of drug-likeness (QED) is 0.757. The van der Waals surface area contributed by atoms with Gasteiger partial charge in [-0.05, 0) is 17.2 Å². The van der Waals surface area contributed by atoms with Crippen molar-refractivity contribution in [2.75, 3.05) is 6.61 Å². The van der Waals surface area contributed by atoms with Crippen LogP contribution < -0.4 is 11.1 Å². The second kappa shape index (κ2) is 6.79. The molecule has 2 aromatic rings. The summed E-state index contributed by atoms with van der Waals surface area (Å²) in [5, 5.41) is 12.2. The highest BCUT2D eigenvalue weighted by molar-refractivity contribution is 5.92. The topological polar surface area (TPSA) is 88.2 Å². The van der Waals surface area contributed by atoms with E-state index in [1.165, 1.54) is 0 Å². The van der Waals surface area contributed by atoms with Crippen LogP contribution in [0.5, 0.6) is 0 Å². The lowest BCUT2D eigenvalue weighted by atomic mass is 10.1. The molecule has 1 atom stereocenters. The van der Waals surface area contributed by atoms with Crippen molar-refractivity contribution in [3.63, 3.8) is 0 Å². The van der Waals surface area contributed by atoms with Crippen molar-refractivity contribution in [2.45, 2.75) is 12.6 Å². The van der Waals surface area contributed by atoms with Crippen molar-refractivity contribution in [1.82, 2.24) is 10.3 Å². The average Bonchev–Trinajstić information content (AvgIpc) is 2.53. The van der Waals surface area contributed by atoms with Gasteiger partial charge < -0.3 is 16.2 Å². The smallest absolute Gasteiger partial charge is 0.270 e. The highest BCUT2D eigenvalue weighted by atomic mass is 16.3. The van der Waals surface area contributed by atoms with Gasteiger partial charge in [0.15, 0.2) is 0 Å². The number of hydrogen-bond donors (Lipinski definition) is 3. The zero-order valence-corrected chi connectivity index (χ0v) is 11.0. The van der Waals surface area contributed by atoms with Gasteiger partial charge >= 0.3 is 0 Å². The summed E-state index contributed by atoms with van der Waals surface area (Å²) in [6.45, 7) is 0.217. The molecular weight excluding hydrogens is 254 g/mol. The minimum Gasteiger partial charge on any atom is -0.394 e. The maximum absolute atomic E-state index is 12.1. The largest absolute Gasteiger partial charge is 0.394 e. The molecule has 2 rings (SSSR count). The number of nitrogens with one attached hydrogen (secondary N) is 1. The molecule has 5 nitrogen and oxygen atoms in total. The fourth-order valence-electron chi connectivity index (χ4n) is 1.83. The van der Waals surface area contributed by atoms with Crippen LogP contribution in [0.15, 0.2) is 48.7 Å². The second-order valence-corrected chi connectivity index (χ2v) is 4.38. The molecule has 1 amide bonds. The first kappa shape index (κ1) is 14.2. The second-order valence-electron chi connectivity index (χ2n) is 4.38. The predicted octanol–water partition coefficient (Wildman–Crippen LogP) is 1.00. The van der Waals surface area contributed by atoms with E-state index in [-0.39, 0.29) is 12.5 Å². The van der Waals surface area contributed by atoms with Gasteiger partial charge in [0.2, 0.25) is 0 Å². The van der Waals surface area contributed by atoms with Crippen LogP contribution >= 0.6 is 0 Å². The summed E-state index contributed by atoms with van der Waals surface area (Å²) in [5.74, 6) is -0.323. The van der Waals surface area contributed by atoms with Gasteiger partial charge in [0.1, 0.15) is 5.69 Å². The van der Waals surface area contributed by atoms with Crippen LogP contribution in [-0.4, -0.2) is 22.6 Å². The summed E-state index contributed by atoms with van der Waals surface area (Å²) >= 11 is 0. The summed E-state index contributed by atoms with van der Waals surface area (Å²) in [4.78, 5) is 16.1. The number of aliphatic hydroxyl groups is 1. The zero-order chi connectivity index (χ0) is 14.4. The van der Waals surface area contributed by atoms with Gasteiger partial charge in [0.05, 0.1) is 12.6 Å². The summed E-state index contributed by atoms with van der Waals surface area (Å²) in [6.07, 6.45) is 1.57. The van der Waals surface area contributed by atoms with Crippen molar-refractivity contribution in [2.24, 2.45) is 5.73 Å². The van der Waals surface area contributed by atoms with E-state index in [9.17, 15) is 9.90 Å². The van der Waals surface area contributed by atoms with Crippen LogP contribution in [0.1, 0.15) is 27.7 Å².